The summed E-state index contributed by atoms with van der Waals surface area (Å²) in [5, 5.41) is 21.6. The normalized spacial score (nSPS) is 17.3. The van der Waals surface area contributed by atoms with E-state index in [0.29, 0.717) is 24.2 Å². The molecule has 298 valence electrons. The highest BCUT2D eigenvalue weighted by molar-refractivity contribution is 5.95. The maximum Gasteiger partial charge on any atom is 0.416 e. The number of carboxylic acids is 2. The van der Waals surface area contributed by atoms with Gasteiger partial charge in [0.25, 0.3) is 0 Å². The van der Waals surface area contributed by atoms with Gasteiger partial charge < -0.3 is 34.5 Å². The molecule has 3 N–H and O–H groups in total. The van der Waals surface area contributed by atoms with Crippen LogP contribution in [-0.2, 0) is 40.9 Å². The van der Waals surface area contributed by atoms with Gasteiger partial charge in [-0.1, -0.05) is 48.5 Å². The first-order valence-electron chi connectivity index (χ1n) is 16.4. The first-order chi connectivity index (χ1) is 26.3. The second kappa shape index (κ2) is 18.7. The van der Waals surface area contributed by atoms with Gasteiger partial charge in [-0.05, 0) is 72.6 Å². The van der Waals surface area contributed by atoms with Gasteiger partial charge in [-0.2, -0.15) is 26.3 Å². The van der Waals surface area contributed by atoms with Crippen LogP contribution in [0.5, 0.6) is 0 Å². The molecule has 11 nitrogen and oxygen atoms in total. The Balaban J connectivity index is 0.000000251. The highest BCUT2D eigenvalue weighted by atomic mass is 19.4. The minimum Gasteiger partial charge on any atom is -0.478 e. The van der Waals surface area contributed by atoms with Gasteiger partial charge in [0.1, 0.15) is 5.82 Å². The van der Waals surface area contributed by atoms with E-state index in [1.54, 1.807) is 12.1 Å². The number of ether oxygens (including phenoxy) is 4. The van der Waals surface area contributed by atoms with E-state index in [1.807, 2.05) is 0 Å². The highest BCUT2D eigenvalue weighted by Gasteiger charge is 2.41. The fourth-order valence-corrected chi connectivity index (χ4v) is 5.14. The molecule has 0 amide bonds. The first kappa shape index (κ1) is 42.9. The summed E-state index contributed by atoms with van der Waals surface area (Å²) in [5.74, 6) is -6.09. The number of hydrogen-bond acceptors (Lipinski definition) is 9. The number of nitrogens with one attached hydrogen (secondary N) is 1. The number of carbonyl (C=O) groups is 4. The molecular formula is C38H32F7NO10. The Bertz CT molecular complexity index is 1860. The quantitative estimate of drug-likeness (QED) is 0.104. The maximum absolute atomic E-state index is 13.2. The van der Waals surface area contributed by atoms with Gasteiger partial charge in [0.15, 0.2) is 6.29 Å². The maximum atomic E-state index is 13.2. The Labute approximate surface area is 313 Å². The topological polar surface area (TPSA) is 158 Å². The summed E-state index contributed by atoms with van der Waals surface area (Å²) in [6.07, 6.45) is -16.5. The molecule has 5 rings (SSSR count). The number of halogens is 7. The van der Waals surface area contributed by atoms with Crippen molar-refractivity contribution in [1.82, 2.24) is 5.32 Å². The van der Waals surface area contributed by atoms with Crippen LogP contribution in [0, 0.1) is 5.82 Å². The van der Waals surface area contributed by atoms with Gasteiger partial charge in [0.05, 0.1) is 41.0 Å². The van der Waals surface area contributed by atoms with Crippen molar-refractivity contribution in [3.63, 3.8) is 0 Å². The van der Waals surface area contributed by atoms with E-state index in [4.69, 9.17) is 18.9 Å². The molecule has 5 atom stereocenters. The van der Waals surface area contributed by atoms with E-state index in [0.717, 1.165) is 0 Å². The number of benzene rings is 4. The van der Waals surface area contributed by atoms with E-state index in [-0.39, 0.29) is 29.4 Å². The molecule has 0 saturated carbocycles. The molecule has 0 aliphatic carbocycles. The Morgan fingerprint density at radius 1 is 0.714 bits per heavy atom. The minimum atomic E-state index is -4.95. The molecule has 4 aromatic rings. The van der Waals surface area contributed by atoms with Crippen molar-refractivity contribution in [2.75, 3.05) is 13.2 Å². The van der Waals surface area contributed by atoms with Gasteiger partial charge in [0, 0.05) is 6.54 Å². The third kappa shape index (κ3) is 11.8. The van der Waals surface area contributed by atoms with Crippen LogP contribution in [0.3, 0.4) is 0 Å². The summed E-state index contributed by atoms with van der Waals surface area (Å²) >= 11 is 0. The van der Waals surface area contributed by atoms with Crippen LogP contribution in [0.15, 0.2) is 103 Å². The lowest BCUT2D eigenvalue weighted by Crippen LogP contribution is -2.45. The lowest BCUT2D eigenvalue weighted by molar-refractivity contribution is -0.200. The minimum absolute atomic E-state index is 0.0253. The molecule has 0 radical (unpaired) electrons. The second-order valence-electron chi connectivity index (χ2n) is 11.9. The van der Waals surface area contributed by atoms with E-state index in [2.05, 4.69) is 5.32 Å². The number of aliphatic carboxylic acids is 2. The van der Waals surface area contributed by atoms with Gasteiger partial charge >= 0.3 is 36.2 Å². The number of carboxylic acid groups (broad SMARTS) is 2. The lowest BCUT2D eigenvalue weighted by atomic mass is 10.0. The van der Waals surface area contributed by atoms with Gasteiger partial charge in [-0.15, -0.1) is 0 Å². The van der Waals surface area contributed by atoms with Gasteiger partial charge in [-0.25, -0.2) is 23.6 Å². The predicted octanol–water partition coefficient (Wildman–Crippen LogP) is 7.23. The van der Waals surface area contributed by atoms with Crippen molar-refractivity contribution in [2.45, 2.75) is 49.9 Å². The molecule has 0 unspecified atom stereocenters. The smallest absolute Gasteiger partial charge is 0.416 e. The largest absolute Gasteiger partial charge is 0.478 e. The predicted molar refractivity (Wildman–Crippen MR) is 179 cm³/mol. The average molecular weight is 796 g/mol. The zero-order chi connectivity index (χ0) is 41.2. The monoisotopic (exact) mass is 795 g/mol. The third-order valence-electron chi connectivity index (χ3n) is 7.92. The summed E-state index contributed by atoms with van der Waals surface area (Å²) in [7, 11) is 0. The molecule has 1 aliphatic heterocycles. The van der Waals surface area contributed by atoms with Crippen LogP contribution in [-0.4, -0.2) is 65.7 Å². The average Bonchev–Trinajstić information content (AvgIpc) is 3.16. The first-order valence-corrected chi connectivity index (χ1v) is 16.4. The molecule has 4 aromatic carbocycles. The van der Waals surface area contributed by atoms with Crippen LogP contribution in [0.4, 0.5) is 30.7 Å². The molecular weight excluding hydrogens is 763 g/mol. The summed E-state index contributed by atoms with van der Waals surface area (Å²) in [5.41, 5.74) is -2.46. The zero-order valence-electron chi connectivity index (χ0n) is 28.9. The standard InChI is InChI=1S/C20H18F7NO2.C18H14O8/c1-11(13-8-14(19(22,23)24)10-15(9-13)20(25,26)27)30-18-17(28-6-7-29-18)12-2-4-16(21)5-3-12;19-15(20)13(25-17(23)11-7-3-1-4-8-11)14(16(21)22)26-18(24)12-9-5-2-6-10-12/h2-5,8-11,17-18,28H,6-7H2,1H3;1-10,13-14H,(H,19,20)(H,21,22)/t11-,17+,18-;13-,14-/m10/s1. The Morgan fingerprint density at radius 3 is 1.57 bits per heavy atom. The molecule has 1 saturated heterocycles. The fourth-order valence-electron chi connectivity index (χ4n) is 5.14. The van der Waals surface area contributed by atoms with Crippen molar-refractivity contribution in [3.8, 4) is 0 Å². The molecule has 1 aliphatic rings. The second-order valence-corrected chi connectivity index (χ2v) is 11.9. The van der Waals surface area contributed by atoms with Crippen molar-refractivity contribution in [3.05, 3.63) is 142 Å². The van der Waals surface area contributed by atoms with Crippen molar-refractivity contribution in [1.29, 1.82) is 0 Å². The number of morpholine rings is 1. The molecule has 56 heavy (non-hydrogen) atoms. The van der Waals surface area contributed by atoms with E-state index in [9.17, 15) is 60.1 Å². The van der Waals surface area contributed by atoms with Crippen LogP contribution in [0.25, 0.3) is 0 Å². The Kier molecular flexibility index (Phi) is 14.3. The summed E-state index contributed by atoms with van der Waals surface area (Å²) in [6.45, 7) is 2.01. The molecule has 0 spiro atoms. The molecule has 0 bridgehead atoms. The van der Waals surface area contributed by atoms with E-state index < -0.39 is 83.8 Å². The molecule has 0 aromatic heterocycles. The number of rotatable bonds is 11. The van der Waals surface area contributed by atoms with Crippen LogP contribution in [0.1, 0.15) is 62.0 Å². The van der Waals surface area contributed by atoms with Crippen LogP contribution < -0.4 is 5.32 Å². The number of carbonyl (C=O) groups excluding carboxylic acids is 2. The summed E-state index contributed by atoms with van der Waals surface area (Å²) in [4.78, 5) is 46.8. The SMILES string of the molecule is C[C@@H](O[C@H]1OCCN[C@H]1c1ccc(F)cc1)c1cc(C(F)(F)F)cc(C(F)(F)F)c1.O=C(O[C@H](C(=O)O)[C@H](OC(=O)c1ccccc1)C(=O)O)c1ccccc1. The number of hydrogen-bond donors (Lipinski definition) is 3. The summed E-state index contributed by atoms with van der Waals surface area (Å²) in [6, 6.07) is 21.0. The Hall–Kier alpha value is -5.85. The molecule has 18 heteroatoms. The number of alkyl halides is 6. The van der Waals surface area contributed by atoms with Crippen LogP contribution in [0.2, 0.25) is 0 Å². The third-order valence-corrected chi connectivity index (χ3v) is 7.92. The van der Waals surface area contributed by atoms with E-state index in [1.165, 1.54) is 79.7 Å². The zero-order valence-corrected chi connectivity index (χ0v) is 28.9. The van der Waals surface area contributed by atoms with Gasteiger partial charge in [0.2, 0.25) is 12.2 Å². The van der Waals surface area contributed by atoms with Crippen molar-refractivity contribution < 1.29 is 79.1 Å². The van der Waals surface area contributed by atoms with Crippen molar-refractivity contribution >= 4 is 23.9 Å². The van der Waals surface area contributed by atoms with Crippen LogP contribution >= 0.6 is 0 Å². The summed E-state index contributed by atoms with van der Waals surface area (Å²) < 4.78 is 113. The van der Waals surface area contributed by atoms with Gasteiger partial charge in [-0.3, -0.25) is 0 Å². The lowest BCUT2D eigenvalue weighted by Gasteiger charge is -2.34. The number of esters is 2. The van der Waals surface area contributed by atoms with E-state index >= 15 is 0 Å². The molecule has 1 heterocycles. The highest BCUT2D eigenvalue weighted by Crippen LogP contribution is 2.39. The molecule has 1 fully saturated rings. The van der Waals surface area contributed by atoms with Crippen molar-refractivity contribution in [2.24, 2.45) is 0 Å². The Morgan fingerprint density at radius 2 is 1.16 bits per heavy atom. The fraction of sp³-hybridized carbons (Fsp3) is 0.263.